The second-order valence-electron chi connectivity index (χ2n) is 3.04. The van der Waals surface area contributed by atoms with Crippen molar-refractivity contribution >= 4 is 11.9 Å². The third-order valence-electron chi connectivity index (χ3n) is 1.66. The van der Waals surface area contributed by atoms with Crippen molar-refractivity contribution in [3.8, 4) is 0 Å². The van der Waals surface area contributed by atoms with Crippen LogP contribution in [0.15, 0.2) is 0 Å². The molecule has 1 saturated carbocycles. The van der Waals surface area contributed by atoms with Gasteiger partial charge in [-0.1, -0.05) is 11.9 Å². The first-order valence-corrected chi connectivity index (χ1v) is 4.09. The zero-order valence-electron chi connectivity index (χ0n) is 6.05. The summed E-state index contributed by atoms with van der Waals surface area (Å²) in [6.07, 6.45) is 2.60. The maximum atomic E-state index is 5.51. The number of hydrogen-bond acceptors (Lipinski definition) is 3. The molecule has 0 aromatic rings. The Labute approximate surface area is 60.9 Å². The predicted octanol–water partition coefficient (Wildman–Crippen LogP) is 0.687. The van der Waals surface area contributed by atoms with Gasteiger partial charge in [-0.2, -0.15) is 0 Å². The molecular formula is C6H14N2S. The van der Waals surface area contributed by atoms with Crippen LogP contribution < -0.4 is 5.14 Å². The SMILES string of the molecule is CN(C)CC1(SN)CC1. The fourth-order valence-electron chi connectivity index (χ4n) is 1.03. The molecule has 0 bridgehead atoms. The Morgan fingerprint density at radius 3 is 2.22 bits per heavy atom. The van der Waals surface area contributed by atoms with Crippen LogP contribution >= 0.6 is 11.9 Å². The Bertz CT molecular complexity index is 99.2. The molecule has 0 radical (unpaired) electrons. The van der Waals surface area contributed by atoms with E-state index in [1.807, 2.05) is 0 Å². The van der Waals surface area contributed by atoms with Gasteiger partial charge in [-0.05, 0) is 26.9 Å². The van der Waals surface area contributed by atoms with Gasteiger partial charge in [0.2, 0.25) is 0 Å². The van der Waals surface area contributed by atoms with E-state index in [1.165, 1.54) is 24.8 Å². The van der Waals surface area contributed by atoms with Crippen LogP contribution in [0, 0.1) is 0 Å². The van der Waals surface area contributed by atoms with Crippen LogP contribution in [0.4, 0.5) is 0 Å². The third kappa shape index (κ3) is 1.85. The highest BCUT2D eigenvalue weighted by atomic mass is 32.2. The quantitative estimate of drug-likeness (QED) is 0.594. The van der Waals surface area contributed by atoms with Gasteiger partial charge in [0, 0.05) is 11.3 Å². The molecule has 0 amide bonds. The Hall–Kier alpha value is 0.270. The third-order valence-corrected chi connectivity index (χ3v) is 2.70. The Kier molecular flexibility index (Phi) is 2.03. The van der Waals surface area contributed by atoms with Crippen molar-refractivity contribution in [2.45, 2.75) is 17.6 Å². The molecule has 0 aromatic heterocycles. The van der Waals surface area contributed by atoms with E-state index in [-0.39, 0.29) is 0 Å². The summed E-state index contributed by atoms with van der Waals surface area (Å²) in [5.41, 5.74) is 0. The fraction of sp³-hybridized carbons (Fsp3) is 1.00. The highest BCUT2D eigenvalue weighted by molar-refractivity contribution is 7.98. The first-order chi connectivity index (χ1) is 4.18. The van der Waals surface area contributed by atoms with E-state index in [9.17, 15) is 0 Å². The second kappa shape index (κ2) is 2.48. The minimum absolute atomic E-state index is 0.434. The van der Waals surface area contributed by atoms with Gasteiger partial charge < -0.3 is 4.90 Å². The lowest BCUT2D eigenvalue weighted by Crippen LogP contribution is -2.26. The summed E-state index contributed by atoms with van der Waals surface area (Å²) < 4.78 is 0.434. The molecule has 0 aliphatic heterocycles. The molecule has 1 aliphatic carbocycles. The highest BCUT2D eigenvalue weighted by Crippen LogP contribution is 2.45. The minimum atomic E-state index is 0.434. The van der Waals surface area contributed by atoms with Gasteiger partial charge in [0.15, 0.2) is 0 Å². The topological polar surface area (TPSA) is 29.3 Å². The Morgan fingerprint density at radius 1 is 1.56 bits per heavy atom. The molecule has 9 heavy (non-hydrogen) atoms. The first kappa shape index (κ1) is 7.38. The zero-order chi connectivity index (χ0) is 6.91. The van der Waals surface area contributed by atoms with E-state index in [1.54, 1.807) is 0 Å². The molecule has 3 heteroatoms. The van der Waals surface area contributed by atoms with Crippen LogP contribution in [-0.4, -0.2) is 30.3 Å². The molecule has 54 valence electrons. The molecule has 0 atom stereocenters. The van der Waals surface area contributed by atoms with E-state index in [4.69, 9.17) is 5.14 Å². The summed E-state index contributed by atoms with van der Waals surface area (Å²) in [5.74, 6) is 0. The number of nitrogens with two attached hydrogens (primary N) is 1. The summed E-state index contributed by atoms with van der Waals surface area (Å²) in [7, 11) is 4.19. The van der Waals surface area contributed by atoms with Crippen LogP contribution in [0.2, 0.25) is 0 Å². The van der Waals surface area contributed by atoms with Gasteiger partial charge >= 0.3 is 0 Å². The summed E-state index contributed by atoms with van der Waals surface area (Å²) in [6.45, 7) is 1.13. The molecule has 0 spiro atoms. The average Bonchev–Trinajstić information content (AvgIpc) is 2.48. The van der Waals surface area contributed by atoms with Gasteiger partial charge in [0.1, 0.15) is 0 Å². The van der Waals surface area contributed by atoms with Gasteiger partial charge in [-0.3, -0.25) is 5.14 Å². The smallest absolute Gasteiger partial charge is 0.0430 e. The van der Waals surface area contributed by atoms with Crippen LogP contribution in [0.1, 0.15) is 12.8 Å². The molecule has 1 rings (SSSR count). The van der Waals surface area contributed by atoms with Gasteiger partial charge in [-0.15, -0.1) is 0 Å². The lowest BCUT2D eigenvalue weighted by molar-refractivity contribution is 0.402. The normalized spacial score (nSPS) is 22.7. The van der Waals surface area contributed by atoms with Crippen molar-refractivity contribution in [1.82, 2.24) is 4.90 Å². The standard InChI is InChI=1S/C6H14N2S/c1-8(2)5-6(9-7)3-4-6/h3-5,7H2,1-2H3. The predicted molar refractivity (Wildman–Crippen MR) is 42.3 cm³/mol. The van der Waals surface area contributed by atoms with E-state index >= 15 is 0 Å². The molecule has 1 aliphatic rings. The highest BCUT2D eigenvalue weighted by Gasteiger charge is 2.42. The molecule has 2 N–H and O–H groups in total. The summed E-state index contributed by atoms with van der Waals surface area (Å²) in [6, 6.07) is 0. The van der Waals surface area contributed by atoms with Crippen molar-refractivity contribution in [2.24, 2.45) is 5.14 Å². The van der Waals surface area contributed by atoms with E-state index in [0.717, 1.165) is 6.54 Å². The Morgan fingerprint density at radius 2 is 2.11 bits per heavy atom. The van der Waals surface area contributed by atoms with E-state index < -0.39 is 0 Å². The zero-order valence-corrected chi connectivity index (χ0v) is 6.87. The molecule has 1 fully saturated rings. The maximum Gasteiger partial charge on any atom is 0.0430 e. The second-order valence-corrected chi connectivity index (χ2v) is 4.14. The molecule has 2 nitrogen and oxygen atoms in total. The summed E-state index contributed by atoms with van der Waals surface area (Å²) >= 11 is 1.52. The van der Waals surface area contributed by atoms with Crippen molar-refractivity contribution < 1.29 is 0 Å². The largest absolute Gasteiger partial charge is 0.308 e. The van der Waals surface area contributed by atoms with Crippen LogP contribution in [-0.2, 0) is 0 Å². The van der Waals surface area contributed by atoms with Crippen molar-refractivity contribution in [3.05, 3.63) is 0 Å². The first-order valence-electron chi connectivity index (χ1n) is 3.21. The van der Waals surface area contributed by atoms with Crippen molar-refractivity contribution in [1.29, 1.82) is 0 Å². The van der Waals surface area contributed by atoms with Gasteiger partial charge in [-0.25, -0.2) is 0 Å². The lowest BCUT2D eigenvalue weighted by atomic mass is 10.4. The monoisotopic (exact) mass is 146 g/mol. The van der Waals surface area contributed by atoms with E-state index in [0.29, 0.717) is 4.75 Å². The number of rotatable bonds is 3. The molecule has 0 saturated heterocycles. The average molecular weight is 146 g/mol. The van der Waals surface area contributed by atoms with Crippen LogP contribution in [0.25, 0.3) is 0 Å². The lowest BCUT2D eigenvalue weighted by Gasteiger charge is -2.16. The van der Waals surface area contributed by atoms with Crippen molar-refractivity contribution in [2.75, 3.05) is 20.6 Å². The van der Waals surface area contributed by atoms with Crippen LogP contribution in [0.5, 0.6) is 0 Å². The molecule has 0 unspecified atom stereocenters. The maximum absolute atomic E-state index is 5.51. The van der Waals surface area contributed by atoms with Crippen molar-refractivity contribution in [3.63, 3.8) is 0 Å². The van der Waals surface area contributed by atoms with E-state index in [2.05, 4.69) is 19.0 Å². The summed E-state index contributed by atoms with van der Waals surface area (Å²) in [5, 5.41) is 5.51. The molecule has 0 heterocycles. The van der Waals surface area contributed by atoms with Gasteiger partial charge in [0.05, 0.1) is 0 Å². The summed E-state index contributed by atoms with van der Waals surface area (Å²) in [4.78, 5) is 2.20. The minimum Gasteiger partial charge on any atom is -0.308 e. The molecular weight excluding hydrogens is 132 g/mol. The number of hydrogen-bond donors (Lipinski definition) is 1. The van der Waals surface area contributed by atoms with Gasteiger partial charge in [0.25, 0.3) is 0 Å². The van der Waals surface area contributed by atoms with Crippen LogP contribution in [0.3, 0.4) is 0 Å². The molecule has 0 aromatic carbocycles. The Balaban J connectivity index is 2.25. The number of nitrogens with zero attached hydrogens (tertiary/aromatic N) is 1. The fourth-order valence-corrected chi connectivity index (χ4v) is 1.70.